The molecule has 0 aliphatic heterocycles. The third-order valence-electron chi connectivity index (χ3n) is 4.67. The summed E-state index contributed by atoms with van der Waals surface area (Å²) in [5, 5.41) is 3.80. The van der Waals surface area contributed by atoms with Crippen LogP contribution in [-0.2, 0) is 0 Å². The van der Waals surface area contributed by atoms with E-state index < -0.39 is 0 Å². The van der Waals surface area contributed by atoms with E-state index in [1.807, 2.05) is 0 Å². The van der Waals surface area contributed by atoms with E-state index in [9.17, 15) is 0 Å². The first-order valence-electron chi connectivity index (χ1n) is 7.15. The van der Waals surface area contributed by atoms with Gasteiger partial charge >= 0.3 is 0 Å². The summed E-state index contributed by atoms with van der Waals surface area (Å²) in [6.45, 7) is 13.0. The molecule has 0 aromatic carbocycles. The molecule has 0 bridgehead atoms. The summed E-state index contributed by atoms with van der Waals surface area (Å²) in [7, 11) is 0. The van der Waals surface area contributed by atoms with E-state index in [1.165, 1.54) is 38.6 Å². The normalized spacial score (nSPS) is 28.1. The van der Waals surface area contributed by atoms with Crippen LogP contribution in [0.1, 0.15) is 66.7 Å². The van der Waals surface area contributed by atoms with E-state index in [0.29, 0.717) is 5.41 Å². The van der Waals surface area contributed by atoms with Crippen LogP contribution in [0.4, 0.5) is 0 Å². The molecule has 1 saturated carbocycles. The number of rotatable bonds is 4. The summed E-state index contributed by atoms with van der Waals surface area (Å²) < 4.78 is 0. The minimum Gasteiger partial charge on any atom is -0.313 e. The molecule has 1 heteroatoms. The van der Waals surface area contributed by atoms with E-state index in [-0.39, 0.29) is 0 Å². The number of hydrogen-bond acceptors (Lipinski definition) is 1. The van der Waals surface area contributed by atoms with Crippen LogP contribution < -0.4 is 5.32 Å². The Balaban J connectivity index is 2.32. The predicted octanol–water partition coefficient (Wildman–Crippen LogP) is 4.23. The van der Waals surface area contributed by atoms with Crippen LogP contribution in [0.15, 0.2) is 0 Å². The van der Waals surface area contributed by atoms with Crippen LogP contribution in [0.2, 0.25) is 0 Å². The van der Waals surface area contributed by atoms with Crippen LogP contribution >= 0.6 is 0 Å². The fourth-order valence-electron chi connectivity index (χ4n) is 2.30. The topological polar surface area (TPSA) is 12.0 Å². The van der Waals surface area contributed by atoms with E-state index in [2.05, 4.69) is 39.9 Å². The third kappa shape index (κ3) is 4.45. The van der Waals surface area contributed by atoms with Gasteiger partial charge in [-0.15, -0.1) is 0 Å². The highest BCUT2D eigenvalue weighted by atomic mass is 14.9. The standard InChI is InChI=1S/C15H31N/c1-12(2)15(4,5)11-16-14-8-6-7-13(3)9-10-14/h12-14,16H,6-11H2,1-5H3. The molecular weight excluding hydrogens is 194 g/mol. The first kappa shape index (κ1) is 14.0. The van der Waals surface area contributed by atoms with Crippen molar-refractivity contribution in [3.63, 3.8) is 0 Å². The van der Waals surface area contributed by atoms with Crippen molar-refractivity contribution in [1.29, 1.82) is 0 Å². The van der Waals surface area contributed by atoms with Gasteiger partial charge in [0, 0.05) is 12.6 Å². The molecule has 1 rings (SSSR count). The summed E-state index contributed by atoms with van der Waals surface area (Å²) in [5.41, 5.74) is 0.428. The van der Waals surface area contributed by atoms with E-state index in [1.54, 1.807) is 0 Å². The van der Waals surface area contributed by atoms with Gasteiger partial charge in [-0.05, 0) is 36.5 Å². The zero-order valence-corrected chi connectivity index (χ0v) is 12.0. The first-order chi connectivity index (χ1) is 7.42. The molecule has 16 heavy (non-hydrogen) atoms. The van der Waals surface area contributed by atoms with Gasteiger partial charge in [0.1, 0.15) is 0 Å². The highest BCUT2D eigenvalue weighted by Gasteiger charge is 2.24. The lowest BCUT2D eigenvalue weighted by atomic mass is 9.81. The third-order valence-corrected chi connectivity index (χ3v) is 4.67. The van der Waals surface area contributed by atoms with Gasteiger partial charge in [0.05, 0.1) is 0 Å². The molecule has 0 radical (unpaired) electrons. The Hall–Kier alpha value is -0.0400. The molecule has 0 aromatic heterocycles. The van der Waals surface area contributed by atoms with Crippen LogP contribution in [0, 0.1) is 17.3 Å². The maximum Gasteiger partial charge on any atom is 0.00673 e. The first-order valence-corrected chi connectivity index (χ1v) is 7.15. The quantitative estimate of drug-likeness (QED) is 0.706. The van der Waals surface area contributed by atoms with Gasteiger partial charge in [-0.25, -0.2) is 0 Å². The number of hydrogen-bond donors (Lipinski definition) is 1. The van der Waals surface area contributed by atoms with Crippen molar-refractivity contribution in [2.45, 2.75) is 72.8 Å². The number of nitrogens with one attached hydrogen (secondary N) is 1. The summed E-state index contributed by atoms with van der Waals surface area (Å²) in [6, 6.07) is 0.781. The Morgan fingerprint density at radius 3 is 2.44 bits per heavy atom. The molecule has 1 N–H and O–H groups in total. The van der Waals surface area contributed by atoms with Crippen molar-refractivity contribution in [2.24, 2.45) is 17.3 Å². The Kier molecular flexibility index (Phi) is 5.30. The van der Waals surface area contributed by atoms with Crippen molar-refractivity contribution < 1.29 is 0 Å². The average Bonchev–Trinajstić information content (AvgIpc) is 2.40. The molecule has 0 spiro atoms. The Morgan fingerprint density at radius 1 is 1.12 bits per heavy atom. The maximum absolute atomic E-state index is 3.80. The second-order valence-corrected chi connectivity index (χ2v) is 6.83. The molecule has 96 valence electrons. The molecule has 0 saturated heterocycles. The van der Waals surface area contributed by atoms with Crippen molar-refractivity contribution in [3.8, 4) is 0 Å². The highest BCUT2D eigenvalue weighted by Crippen LogP contribution is 2.27. The Bertz CT molecular complexity index is 196. The maximum atomic E-state index is 3.80. The molecular formula is C15H31N. The minimum atomic E-state index is 0.428. The molecule has 1 fully saturated rings. The smallest absolute Gasteiger partial charge is 0.00673 e. The second-order valence-electron chi connectivity index (χ2n) is 6.83. The van der Waals surface area contributed by atoms with Crippen LogP contribution in [0.25, 0.3) is 0 Å². The zero-order chi connectivity index (χ0) is 12.2. The van der Waals surface area contributed by atoms with Crippen LogP contribution in [-0.4, -0.2) is 12.6 Å². The second kappa shape index (κ2) is 6.05. The molecule has 1 aliphatic carbocycles. The monoisotopic (exact) mass is 225 g/mol. The molecule has 0 amide bonds. The fourth-order valence-corrected chi connectivity index (χ4v) is 2.30. The highest BCUT2D eigenvalue weighted by molar-refractivity contribution is 4.79. The fraction of sp³-hybridized carbons (Fsp3) is 1.00. The predicted molar refractivity (Wildman–Crippen MR) is 72.7 cm³/mol. The molecule has 0 heterocycles. The molecule has 1 aliphatic rings. The molecule has 0 aromatic rings. The average molecular weight is 225 g/mol. The largest absolute Gasteiger partial charge is 0.313 e. The van der Waals surface area contributed by atoms with Gasteiger partial charge in [0.15, 0.2) is 0 Å². The van der Waals surface area contributed by atoms with Gasteiger partial charge in [0.2, 0.25) is 0 Å². The molecule has 2 unspecified atom stereocenters. The Labute approximate surface area is 102 Å². The van der Waals surface area contributed by atoms with Gasteiger partial charge < -0.3 is 5.32 Å². The van der Waals surface area contributed by atoms with E-state index in [4.69, 9.17) is 0 Å². The van der Waals surface area contributed by atoms with E-state index in [0.717, 1.165) is 17.9 Å². The van der Waals surface area contributed by atoms with Gasteiger partial charge in [-0.3, -0.25) is 0 Å². The van der Waals surface area contributed by atoms with Crippen molar-refractivity contribution >= 4 is 0 Å². The lowest BCUT2D eigenvalue weighted by Crippen LogP contribution is -2.39. The SMILES string of the molecule is CC1CCCC(NCC(C)(C)C(C)C)CC1. The molecule has 2 atom stereocenters. The lowest BCUT2D eigenvalue weighted by Gasteiger charge is -2.31. The molecule has 1 nitrogen and oxygen atoms in total. The summed E-state index contributed by atoms with van der Waals surface area (Å²) in [4.78, 5) is 0. The Morgan fingerprint density at radius 2 is 1.81 bits per heavy atom. The van der Waals surface area contributed by atoms with Gasteiger partial charge in [-0.2, -0.15) is 0 Å². The van der Waals surface area contributed by atoms with Gasteiger partial charge in [-0.1, -0.05) is 47.5 Å². The van der Waals surface area contributed by atoms with Crippen LogP contribution in [0.5, 0.6) is 0 Å². The summed E-state index contributed by atoms with van der Waals surface area (Å²) in [6.07, 6.45) is 7.04. The lowest BCUT2D eigenvalue weighted by molar-refractivity contribution is 0.224. The van der Waals surface area contributed by atoms with Crippen molar-refractivity contribution in [1.82, 2.24) is 5.32 Å². The van der Waals surface area contributed by atoms with Gasteiger partial charge in [0.25, 0.3) is 0 Å². The summed E-state index contributed by atoms with van der Waals surface area (Å²) >= 11 is 0. The van der Waals surface area contributed by atoms with Crippen molar-refractivity contribution in [3.05, 3.63) is 0 Å². The van der Waals surface area contributed by atoms with E-state index >= 15 is 0 Å². The zero-order valence-electron chi connectivity index (χ0n) is 12.0. The summed E-state index contributed by atoms with van der Waals surface area (Å²) in [5.74, 6) is 1.70. The van der Waals surface area contributed by atoms with Crippen molar-refractivity contribution in [2.75, 3.05) is 6.54 Å². The minimum absolute atomic E-state index is 0.428. The van der Waals surface area contributed by atoms with Crippen LogP contribution in [0.3, 0.4) is 0 Å².